The molecule has 86 valence electrons. The van der Waals surface area contributed by atoms with Gasteiger partial charge in [0.2, 0.25) is 0 Å². The molecule has 4 heteroatoms. The van der Waals surface area contributed by atoms with Crippen LogP contribution in [0.2, 0.25) is 0 Å². The van der Waals surface area contributed by atoms with Gasteiger partial charge in [0.05, 0.1) is 0 Å². The fraction of sp³-hybridized carbons (Fsp3) is 0.727. The summed E-state index contributed by atoms with van der Waals surface area (Å²) in [6, 6.07) is 0. The summed E-state index contributed by atoms with van der Waals surface area (Å²) >= 11 is 0. The van der Waals surface area contributed by atoms with Crippen LogP contribution in [-0.4, -0.2) is 24.8 Å². The lowest BCUT2D eigenvalue weighted by Gasteiger charge is -2.29. The van der Waals surface area contributed by atoms with Gasteiger partial charge in [0.25, 0.3) is 0 Å². The van der Waals surface area contributed by atoms with E-state index in [2.05, 4.69) is 10.6 Å². The second-order valence-electron chi connectivity index (χ2n) is 4.86. The monoisotopic (exact) mass is 212 g/mol. The van der Waals surface area contributed by atoms with Crippen LogP contribution in [0.3, 0.4) is 0 Å². The number of carbonyl (C=O) groups excluding carboxylic acids is 1. The van der Waals surface area contributed by atoms with Gasteiger partial charge < -0.3 is 10.1 Å². The maximum atomic E-state index is 11.7. The van der Waals surface area contributed by atoms with Gasteiger partial charge in [-0.2, -0.15) is 0 Å². The Kier molecular flexibility index (Phi) is 3.74. The van der Waals surface area contributed by atoms with Crippen molar-refractivity contribution in [2.45, 2.75) is 40.0 Å². The van der Waals surface area contributed by atoms with Crippen LogP contribution in [-0.2, 0) is 9.53 Å². The van der Waals surface area contributed by atoms with Crippen molar-refractivity contribution in [1.82, 2.24) is 10.6 Å². The molecule has 1 heterocycles. The summed E-state index contributed by atoms with van der Waals surface area (Å²) in [6.07, 6.45) is 3.17. The first kappa shape index (κ1) is 12.0. The maximum Gasteiger partial charge on any atom is 0.344 e. The highest BCUT2D eigenvalue weighted by atomic mass is 16.5. The van der Waals surface area contributed by atoms with Crippen molar-refractivity contribution in [3.05, 3.63) is 12.3 Å². The molecule has 0 saturated carbocycles. The number of ether oxygens (including phenoxy) is 1. The lowest BCUT2D eigenvalue weighted by atomic mass is 9.90. The molecule has 0 saturated heterocycles. The standard InChI is InChI=1S/C11H20N2O2/c1-8(11(2,3)4)15-10(14)9-12-6-5-7-13-9/h5-6,8-9,12-13H,7H2,1-4H3. The quantitative estimate of drug-likeness (QED) is 0.670. The van der Waals surface area contributed by atoms with E-state index >= 15 is 0 Å². The van der Waals surface area contributed by atoms with Gasteiger partial charge in [0.15, 0.2) is 6.17 Å². The van der Waals surface area contributed by atoms with Gasteiger partial charge in [-0.25, -0.2) is 4.79 Å². The number of nitrogens with one attached hydrogen (secondary N) is 2. The van der Waals surface area contributed by atoms with Crippen molar-refractivity contribution in [2.24, 2.45) is 5.41 Å². The molecule has 0 aliphatic carbocycles. The zero-order chi connectivity index (χ0) is 11.5. The van der Waals surface area contributed by atoms with Gasteiger partial charge in [0.1, 0.15) is 6.10 Å². The molecule has 0 bridgehead atoms. The molecule has 1 aliphatic heterocycles. The predicted molar refractivity (Wildman–Crippen MR) is 59.1 cm³/mol. The van der Waals surface area contributed by atoms with E-state index < -0.39 is 6.17 Å². The molecule has 1 rings (SSSR count). The third-order valence-electron chi connectivity index (χ3n) is 2.57. The minimum atomic E-state index is -0.417. The van der Waals surface area contributed by atoms with Gasteiger partial charge in [-0.1, -0.05) is 26.8 Å². The Labute approximate surface area is 91.1 Å². The third kappa shape index (κ3) is 3.55. The lowest BCUT2D eigenvalue weighted by molar-refractivity contribution is -0.156. The molecule has 0 radical (unpaired) electrons. The van der Waals surface area contributed by atoms with E-state index in [4.69, 9.17) is 4.74 Å². The van der Waals surface area contributed by atoms with Crippen LogP contribution in [0.25, 0.3) is 0 Å². The number of carbonyl (C=O) groups is 1. The summed E-state index contributed by atoms with van der Waals surface area (Å²) in [5, 5.41) is 5.91. The first-order chi connectivity index (χ1) is 6.91. The summed E-state index contributed by atoms with van der Waals surface area (Å²) in [4.78, 5) is 11.7. The summed E-state index contributed by atoms with van der Waals surface area (Å²) < 4.78 is 5.36. The van der Waals surface area contributed by atoms with Gasteiger partial charge in [-0.3, -0.25) is 5.32 Å². The second kappa shape index (κ2) is 4.66. The van der Waals surface area contributed by atoms with Crippen molar-refractivity contribution in [2.75, 3.05) is 6.54 Å². The maximum absolute atomic E-state index is 11.7. The number of hydrogen-bond donors (Lipinski definition) is 2. The number of esters is 1. The smallest absolute Gasteiger partial charge is 0.344 e. The summed E-state index contributed by atoms with van der Waals surface area (Å²) in [5.74, 6) is -0.248. The Morgan fingerprint density at radius 2 is 2.20 bits per heavy atom. The van der Waals surface area contributed by atoms with E-state index in [1.54, 1.807) is 6.20 Å². The van der Waals surface area contributed by atoms with Gasteiger partial charge >= 0.3 is 5.97 Å². The molecule has 0 amide bonds. The summed E-state index contributed by atoms with van der Waals surface area (Å²) in [5.41, 5.74) is -0.0276. The fourth-order valence-electron chi connectivity index (χ4n) is 1.04. The van der Waals surface area contributed by atoms with Crippen molar-refractivity contribution in [3.63, 3.8) is 0 Å². The summed E-state index contributed by atoms with van der Waals surface area (Å²) in [6.45, 7) is 8.75. The minimum Gasteiger partial charge on any atom is -0.460 e. The van der Waals surface area contributed by atoms with Gasteiger partial charge in [0, 0.05) is 6.54 Å². The molecule has 0 fully saturated rings. The molecular formula is C11H20N2O2. The van der Waals surface area contributed by atoms with E-state index in [1.165, 1.54) is 0 Å². The van der Waals surface area contributed by atoms with Crippen LogP contribution >= 0.6 is 0 Å². The Morgan fingerprint density at radius 1 is 1.53 bits per heavy atom. The highest BCUT2D eigenvalue weighted by Crippen LogP contribution is 2.21. The SMILES string of the molecule is CC(OC(=O)C1NC=CCN1)C(C)(C)C. The van der Waals surface area contributed by atoms with E-state index in [0.29, 0.717) is 6.54 Å². The Balaban J connectivity index is 2.45. The Bertz CT molecular complexity index is 256. The highest BCUT2D eigenvalue weighted by molar-refractivity contribution is 5.75. The topological polar surface area (TPSA) is 50.4 Å². The van der Waals surface area contributed by atoms with E-state index in [1.807, 2.05) is 33.8 Å². The van der Waals surface area contributed by atoms with Crippen molar-refractivity contribution in [1.29, 1.82) is 0 Å². The summed E-state index contributed by atoms with van der Waals surface area (Å²) in [7, 11) is 0. The Hall–Kier alpha value is -1.03. The van der Waals surface area contributed by atoms with Gasteiger partial charge in [-0.15, -0.1) is 0 Å². The largest absolute Gasteiger partial charge is 0.460 e. The molecular weight excluding hydrogens is 192 g/mol. The number of rotatable bonds is 2. The molecule has 0 spiro atoms. The molecule has 4 nitrogen and oxygen atoms in total. The normalized spacial score (nSPS) is 23.1. The molecule has 0 aromatic rings. The predicted octanol–water partition coefficient (Wildman–Crippen LogP) is 0.997. The molecule has 2 atom stereocenters. The van der Waals surface area contributed by atoms with E-state index in [9.17, 15) is 4.79 Å². The first-order valence-corrected chi connectivity index (χ1v) is 5.26. The second-order valence-corrected chi connectivity index (χ2v) is 4.86. The van der Waals surface area contributed by atoms with Crippen LogP contribution in [0, 0.1) is 5.41 Å². The average Bonchev–Trinajstić information content (AvgIpc) is 2.17. The van der Waals surface area contributed by atoms with Crippen LogP contribution in [0.4, 0.5) is 0 Å². The molecule has 2 unspecified atom stereocenters. The Morgan fingerprint density at radius 3 is 2.67 bits per heavy atom. The van der Waals surface area contributed by atoms with Crippen LogP contribution in [0.5, 0.6) is 0 Å². The van der Waals surface area contributed by atoms with Crippen LogP contribution < -0.4 is 10.6 Å². The fourth-order valence-corrected chi connectivity index (χ4v) is 1.04. The lowest BCUT2D eigenvalue weighted by Crippen LogP contribution is -2.50. The molecule has 2 N–H and O–H groups in total. The average molecular weight is 212 g/mol. The van der Waals surface area contributed by atoms with E-state index in [-0.39, 0.29) is 17.5 Å². The van der Waals surface area contributed by atoms with Crippen molar-refractivity contribution < 1.29 is 9.53 Å². The zero-order valence-electron chi connectivity index (χ0n) is 9.83. The van der Waals surface area contributed by atoms with Gasteiger partial charge in [-0.05, 0) is 18.5 Å². The van der Waals surface area contributed by atoms with Crippen molar-refractivity contribution >= 4 is 5.97 Å². The molecule has 0 aromatic carbocycles. The number of hydrogen-bond acceptors (Lipinski definition) is 4. The molecule has 0 aromatic heterocycles. The zero-order valence-corrected chi connectivity index (χ0v) is 9.83. The third-order valence-corrected chi connectivity index (χ3v) is 2.57. The highest BCUT2D eigenvalue weighted by Gasteiger charge is 2.27. The van der Waals surface area contributed by atoms with Crippen molar-refractivity contribution in [3.8, 4) is 0 Å². The van der Waals surface area contributed by atoms with E-state index in [0.717, 1.165) is 0 Å². The van der Waals surface area contributed by atoms with Crippen LogP contribution in [0.15, 0.2) is 12.3 Å². The first-order valence-electron chi connectivity index (χ1n) is 5.26. The molecule has 15 heavy (non-hydrogen) atoms. The van der Waals surface area contributed by atoms with Crippen LogP contribution in [0.1, 0.15) is 27.7 Å². The minimum absolute atomic E-state index is 0.0276. The molecule has 1 aliphatic rings.